The van der Waals surface area contributed by atoms with Gasteiger partial charge in [-0.2, -0.15) is 0 Å². The first-order valence-electron chi connectivity index (χ1n) is 14.0. The minimum absolute atomic E-state index is 0.00162. The number of ether oxygens (including phenoxy) is 5. The van der Waals surface area contributed by atoms with Crippen LogP contribution in [0.5, 0.6) is 17.2 Å². The van der Waals surface area contributed by atoms with Gasteiger partial charge in [0.1, 0.15) is 18.1 Å². The Kier molecular flexibility index (Phi) is 11.0. The van der Waals surface area contributed by atoms with Gasteiger partial charge in [-0.3, -0.25) is 4.79 Å². The van der Waals surface area contributed by atoms with Crippen LogP contribution in [-0.4, -0.2) is 82.3 Å². The fourth-order valence-corrected chi connectivity index (χ4v) is 4.81. The molecule has 1 saturated heterocycles. The van der Waals surface area contributed by atoms with Crippen molar-refractivity contribution in [1.29, 1.82) is 0 Å². The van der Waals surface area contributed by atoms with Crippen molar-refractivity contribution in [3.05, 3.63) is 59.9 Å². The average Bonchev–Trinajstić information content (AvgIpc) is 3.66. The molecule has 1 aliphatic rings. The second-order valence-electron chi connectivity index (χ2n) is 10.3. The summed E-state index contributed by atoms with van der Waals surface area (Å²) in [6.07, 6.45) is 0.664. The first kappa shape index (κ1) is 30.4. The van der Waals surface area contributed by atoms with Crippen LogP contribution in [0, 0.1) is 5.92 Å². The Hall–Kier alpha value is -3.60. The quantitative estimate of drug-likeness (QED) is 0.267. The zero-order valence-corrected chi connectivity index (χ0v) is 24.6. The molecule has 2 atom stereocenters. The van der Waals surface area contributed by atoms with Crippen molar-refractivity contribution in [3.8, 4) is 28.5 Å². The molecule has 2 heterocycles. The molecule has 0 spiro atoms. The molecular weight excluding hydrogens is 526 g/mol. The van der Waals surface area contributed by atoms with E-state index in [1.165, 1.54) is 0 Å². The van der Waals surface area contributed by atoms with Crippen LogP contribution in [0.15, 0.2) is 53.1 Å². The summed E-state index contributed by atoms with van der Waals surface area (Å²) in [4.78, 5) is 15.6. The van der Waals surface area contributed by atoms with E-state index in [0.717, 1.165) is 30.0 Å². The van der Waals surface area contributed by atoms with E-state index in [2.05, 4.69) is 10.5 Å². The Balaban J connectivity index is 1.38. The molecule has 0 aliphatic carbocycles. The summed E-state index contributed by atoms with van der Waals surface area (Å²) >= 11 is 0. The molecule has 1 amide bonds. The maximum absolute atomic E-state index is 13.7. The summed E-state index contributed by atoms with van der Waals surface area (Å²) in [6.45, 7) is 7.42. The van der Waals surface area contributed by atoms with Gasteiger partial charge in [-0.05, 0) is 56.3 Å². The van der Waals surface area contributed by atoms with E-state index in [9.17, 15) is 4.79 Å². The molecule has 0 radical (unpaired) electrons. The van der Waals surface area contributed by atoms with Crippen molar-refractivity contribution in [2.24, 2.45) is 5.92 Å². The van der Waals surface area contributed by atoms with Gasteiger partial charge in [-0.15, -0.1) is 0 Å². The molecule has 10 heteroatoms. The molecule has 4 rings (SSSR count). The second-order valence-corrected chi connectivity index (χ2v) is 10.3. The zero-order chi connectivity index (χ0) is 29.2. The Morgan fingerprint density at radius 3 is 2.54 bits per heavy atom. The van der Waals surface area contributed by atoms with Crippen molar-refractivity contribution in [1.82, 2.24) is 15.4 Å². The summed E-state index contributed by atoms with van der Waals surface area (Å²) in [6, 6.07) is 14.9. The van der Waals surface area contributed by atoms with Gasteiger partial charge >= 0.3 is 0 Å². The van der Waals surface area contributed by atoms with E-state index in [-0.39, 0.29) is 24.0 Å². The summed E-state index contributed by atoms with van der Waals surface area (Å²) in [7, 11) is 4.88. The summed E-state index contributed by atoms with van der Waals surface area (Å²) < 4.78 is 33.5. The number of carbonyl (C=O) groups excluding carboxylic acids is 1. The van der Waals surface area contributed by atoms with Crippen molar-refractivity contribution in [2.45, 2.75) is 39.0 Å². The predicted octanol–water partition coefficient (Wildman–Crippen LogP) is 4.43. The molecule has 1 fully saturated rings. The molecule has 41 heavy (non-hydrogen) atoms. The second kappa shape index (κ2) is 14.9. The van der Waals surface area contributed by atoms with Crippen molar-refractivity contribution >= 4 is 5.91 Å². The van der Waals surface area contributed by atoms with Gasteiger partial charge in [0.15, 0.2) is 17.3 Å². The fourth-order valence-electron chi connectivity index (χ4n) is 4.81. The topological polar surface area (TPSA) is 105 Å². The molecule has 3 aromatic rings. The van der Waals surface area contributed by atoms with Crippen LogP contribution in [-0.2, 0) is 16.1 Å². The summed E-state index contributed by atoms with van der Waals surface area (Å²) in [5, 5.41) is 7.61. The van der Waals surface area contributed by atoms with Gasteiger partial charge < -0.3 is 38.4 Å². The SMILES string of the molecule is COCCCOc1cc(C(=O)N(C[C@@H]2CNC[C@@H]2OCc2cc(-c3ccc(OC)cc3)no2)C(C)C)ccc1OC. The highest BCUT2D eigenvalue weighted by Gasteiger charge is 2.32. The van der Waals surface area contributed by atoms with E-state index in [0.29, 0.717) is 55.7 Å². The summed E-state index contributed by atoms with van der Waals surface area (Å²) in [5.41, 5.74) is 2.23. The number of nitrogens with one attached hydrogen (secondary N) is 1. The third kappa shape index (κ3) is 8.00. The maximum atomic E-state index is 13.7. The highest BCUT2D eigenvalue weighted by atomic mass is 16.5. The number of carbonyl (C=O) groups is 1. The predicted molar refractivity (Wildman–Crippen MR) is 155 cm³/mol. The Morgan fingerprint density at radius 1 is 1.02 bits per heavy atom. The lowest BCUT2D eigenvalue weighted by Crippen LogP contribution is -2.43. The van der Waals surface area contributed by atoms with Gasteiger partial charge in [0, 0.05) is 68.9 Å². The van der Waals surface area contributed by atoms with E-state index in [1.54, 1.807) is 39.5 Å². The standard InChI is InChI=1S/C31H41N3O7/c1-21(2)34(31(35)23-9-12-28(38-5)29(15-23)39-14-6-13-36-3)19-24-17-32-18-30(24)40-20-26-16-27(33-41-26)22-7-10-25(37-4)11-8-22/h7-12,15-16,21,24,30,32H,6,13-14,17-20H2,1-5H3/t24-,30-/m0/s1. The number of benzene rings is 2. The number of hydrogen-bond acceptors (Lipinski definition) is 9. The largest absolute Gasteiger partial charge is 0.497 e. The van der Waals surface area contributed by atoms with E-state index < -0.39 is 0 Å². The molecule has 0 saturated carbocycles. The van der Waals surface area contributed by atoms with Gasteiger partial charge in [0.05, 0.1) is 26.9 Å². The van der Waals surface area contributed by atoms with Gasteiger partial charge in [0.25, 0.3) is 5.91 Å². The number of rotatable bonds is 15. The third-order valence-corrected chi connectivity index (χ3v) is 7.14. The summed E-state index contributed by atoms with van der Waals surface area (Å²) in [5.74, 6) is 2.62. The van der Waals surface area contributed by atoms with E-state index in [4.69, 9.17) is 28.2 Å². The Bertz CT molecular complexity index is 1240. The lowest BCUT2D eigenvalue weighted by Gasteiger charge is -2.31. The lowest BCUT2D eigenvalue weighted by molar-refractivity contribution is 0.00422. The van der Waals surface area contributed by atoms with Crippen LogP contribution >= 0.6 is 0 Å². The van der Waals surface area contributed by atoms with Gasteiger partial charge in [-0.1, -0.05) is 5.16 Å². The molecule has 2 aromatic carbocycles. The zero-order valence-electron chi connectivity index (χ0n) is 24.6. The smallest absolute Gasteiger partial charge is 0.254 e. The number of nitrogens with zero attached hydrogens (tertiary/aromatic N) is 2. The molecule has 1 aliphatic heterocycles. The van der Waals surface area contributed by atoms with Crippen LogP contribution in [0.4, 0.5) is 0 Å². The van der Waals surface area contributed by atoms with Crippen LogP contribution in [0.25, 0.3) is 11.3 Å². The molecular formula is C31H41N3O7. The number of aromatic nitrogens is 1. The molecule has 10 nitrogen and oxygen atoms in total. The van der Waals surface area contributed by atoms with Gasteiger partial charge in [-0.25, -0.2) is 0 Å². The molecule has 1 N–H and O–H groups in total. The molecule has 0 unspecified atom stereocenters. The van der Waals surface area contributed by atoms with Crippen LogP contribution in [0.1, 0.15) is 36.4 Å². The molecule has 0 bridgehead atoms. The van der Waals surface area contributed by atoms with Crippen LogP contribution in [0.3, 0.4) is 0 Å². The van der Waals surface area contributed by atoms with Crippen molar-refractivity contribution in [3.63, 3.8) is 0 Å². The lowest BCUT2D eigenvalue weighted by atomic mass is 10.0. The molecule has 1 aromatic heterocycles. The normalized spacial score (nSPS) is 16.6. The van der Waals surface area contributed by atoms with Crippen molar-refractivity contribution < 1.29 is 33.0 Å². The monoisotopic (exact) mass is 567 g/mol. The maximum Gasteiger partial charge on any atom is 0.254 e. The van der Waals surface area contributed by atoms with E-state index >= 15 is 0 Å². The minimum Gasteiger partial charge on any atom is -0.497 e. The van der Waals surface area contributed by atoms with Crippen LogP contribution in [0.2, 0.25) is 0 Å². The molecule has 222 valence electrons. The Labute approximate surface area is 241 Å². The third-order valence-electron chi connectivity index (χ3n) is 7.14. The minimum atomic E-state index is -0.0749. The number of methoxy groups -OCH3 is 3. The first-order valence-corrected chi connectivity index (χ1v) is 14.0. The van der Waals surface area contributed by atoms with Gasteiger partial charge in [0.2, 0.25) is 0 Å². The number of hydrogen-bond donors (Lipinski definition) is 1. The average molecular weight is 568 g/mol. The highest BCUT2D eigenvalue weighted by Crippen LogP contribution is 2.30. The number of amides is 1. The van der Waals surface area contributed by atoms with Crippen LogP contribution < -0.4 is 19.5 Å². The highest BCUT2D eigenvalue weighted by molar-refractivity contribution is 5.95. The van der Waals surface area contributed by atoms with Crippen molar-refractivity contribution in [2.75, 3.05) is 54.2 Å². The first-order chi connectivity index (χ1) is 19.9. The van der Waals surface area contributed by atoms with E-state index in [1.807, 2.05) is 49.1 Å². The fraction of sp³-hybridized carbons (Fsp3) is 0.484. The Morgan fingerprint density at radius 2 is 1.83 bits per heavy atom.